The molecule has 1 aliphatic heterocycles. The van der Waals surface area contributed by atoms with Gasteiger partial charge in [0, 0.05) is 13.1 Å². The number of nitrogens with zero attached hydrogens (tertiary/aromatic N) is 1. The van der Waals surface area contributed by atoms with Crippen molar-refractivity contribution in [1.82, 2.24) is 4.90 Å². The third kappa shape index (κ3) is 3.31. The molecule has 100 valence electrons. The van der Waals surface area contributed by atoms with Crippen LogP contribution in [0.1, 0.15) is 30.6 Å². The van der Waals surface area contributed by atoms with Gasteiger partial charge in [0.15, 0.2) is 0 Å². The van der Waals surface area contributed by atoms with Crippen LogP contribution in [0.4, 0.5) is 0 Å². The lowest BCUT2D eigenvalue weighted by molar-refractivity contribution is -0.0844. The van der Waals surface area contributed by atoms with E-state index in [4.69, 9.17) is 4.74 Å². The lowest BCUT2D eigenvalue weighted by Crippen LogP contribution is -2.42. The molecule has 0 spiro atoms. The summed E-state index contributed by atoms with van der Waals surface area (Å²) < 4.78 is 5.65. The summed E-state index contributed by atoms with van der Waals surface area (Å²) in [6, 6.07) is 8.25. The molecule has 1 aromatic rings. The molecular formula is C15H23NO2. The van der Waals surface area contributed by atoms with E-state index in [2.05, 4.69) is 31.0 Å². The standard InChI is InChI=1S/C15H23NO2/c1-3-4-12-5-7-13(8-6-12)15(17)14-11-16(2)9-10-18-14/h5-8,14-15,17H,3-4,9-11H2,1-2H3. The second kappa shape index (κ2) is 6.32. The van der Waals surface area contributed by atoms with Crippen molar-refractivity contribution in [1.29, 1.82) is 0 Å². The van der Waals surface area contributed by atoms with Gasteiger partial charge in [-0.3, -0.25) is 0 Å². The normalized spacial score (nSPS) is 22.9. The topological polar surface area (TPSA) is 32.7 Å². The maximum absolute atomic E-state index is 10.3. The molecule has 2 unspecified atom stereocenters. The van der Waals surface area contributed by atoms with Gasteiger partial charge in [-0.1, -0.05) is 37.6 Å². The van der Waals surface area contributed by atoms with E-state index in [1.54, 1.807) is 0 Å². The molecule has 0 saturated carbocycles. The number of benzene rings is 1. The first-order chi connectivity index (χ1) is 8.70. The number of morpholine rings is 1. The monoisotopic (exact) mass is 249 g/mol. The summed E-state index contributed by atoms with van der Waals surface area (Å²) in [4.78, 5) is 2.20. The predicted molar refractivity (Wildman–Crippen MR) is 72.6 cm³/mol. The minimum Gasteiger partial charge on any atom is -0.386 e. The third-order valence-corrected chi connectivity index (χ3v) is 3.51. The molecule has 1 saturated heterocycles. The second-order valence-corrected chi connectivity index (χ2v) is 5.11. The maximum Gasteiger partial charge on any atom is 0.106 e. The summed E-state index contributed by atoms with van der Waals surface area (Å²) in [5, 5.41) is 10.3. The average Bonchev–Trinajstić information content (AvgIpc) is 2.39. The fourth-order valence-electron chi connectivity index (χ4n) is 2.39. The average molecular weight is 249 g/mol. The SMILES string of the molecule is CCCc1ccc(C(O)C2CN(C)CCO2)cc1. The van der Waals surface area contributed by atoms with Crippen molar-refractivity contribution >= 4 is 0 Å². The Bertz CT molecular complexity index is 363. The number of rotatable bonds is 4. The minimum atomic E-state index is -0.525. The number of aliphatic hydroxyl groups excluding tert-OH is 1. The third-order valence-electron chi connectivity index (χ3n) is 3.51. The molecule has 0 aromatic heterocycles. The van der Waals surface area contributed by atoms with Crippen LogP contribution in [0.25, 0.3) is 0 Å². The highest BCUT2D eigenvalue weighted by atomic mass is 16.5. The smallest absolute Gasteiger partial charge is 0.106 e. The molecule has 18 heavy (non-hydrogen) atoms. The van der Waals surface area contributed by atoms with Gasteiger partial charge in [0.05, 0.1) is 6.61 Å². The van der Waals surface area contributed by atoms with Gasteiger partial charge in [0.25, 0.3) is 0 Å². The Hall–Kier alpha value is -0.900. The van der Waals surface area contributed by atoms with Gasteiger partial charge in [0.2, 0.25) is 0 Å². The molecule has 3 nitrogen and oxygen atoms in total. The van der Waals surface area contributed by atoms with E-state index in [-0.39, 0.29) is 6.10 Å². The zero-order chi connectivity index (χ0) is 13.0. The highest BCUT2D eigenvalue weighted by molar-refractivity contribution is 5.25. The first kappa shape index (κ1) is 13.5. The summed E-state index contributed by atoms with van der Waals surface area (Å²) >= 11 is 0. The van der Waals surface area contributed by atoms with Gasteiger partial charge in [-0.25, -0.2) is 0 Å². The van der Waals surface area contributed by atoms with Crippen LogP contribution in [0.2, 0.25) is 0 Å². The largest absolute Gasteiger partial charge is 0.386 e. The van der Waals surface area contributed by atoms with Gasteiger partial charge < -0.3 is 14.7 Å². The first-order valence-corrected chi connectivity index (χ1v) is 6.77. The molecular weight excluding hydrogens is 226 g/mol. The summed E-state index contributed by atoms with van der Waals surface area (Å²) in [6.45, 7) is 4.61. The van der Waals surface area contributed by atoms with Crippen LogP contribution >= 0.6 is 0 Å². The molecule has 1 aliphatic rings. The summed E-state index contributed by atoms with van der Waals surface area (Å²) in [7, 11) is 2.06. The van der Waals surface area contributed by atoms with Crippen molar-refractivity contribution < 1.29 is 9.84 Å². The van der Waals surface area contributed by atoms with Crippen LogP contribution in [0.15, 0.2) is 24.3 Å². The fraction of sp³-hybridized carbons (Fsp3) is 0.600. The molecule has 1 N–H and O–H groups in total. The molecule has 0 radical (unpaired) electrons. The zero-order valence-electron chi connectivity index (χ0n) is 11.3. The minimum absolute atomic E-state index is 0.110. The molecule has 0 bridgehead atoms. The van der Waals surface area contributed by atoms with Crippen molar-refractivity contribution in [2.75, 3.05) is 26.7 Å². The van der Waals surface area contributed by atoms with E-state index < -0.39 is 6.10 Å². The summed E-state index contributed by atoms with van der Waals surface area (Å²) in [5.74, 6) is 0. The highest BCUT2D eigenvalue weighted by Crippen LogP contribution is 2.22. The summed E-state index contributed by atoms with van der Waals surface area (Å²) in [6.07, 6.45) is 1.61. The first-order valence-electron chi connectivity index (χ1n) is 6.77. The zero-order valence-corrected chi connectivity index (χ0v) is 11.3. The Kier molecular flexibility index (Phi) is 4.75. The molecule has 0 aliphatic carbocycles. The van der Waals surface area contributed by atoms with E-state index in [0.717, 1.165) is 31.5 Å². The Morgan fingerprint density at radius 2 is 2.11 bits per heavy atom. The second-order valence-electron chi connectivity index (χ2n) is 5.11. The van der Waals surface area contributed by atoms with E-state index in [0.29, 0.717) is 6.61 Å². The van der Waals surface area contributed by atoms with E-state index in [1.165, 1.54) is 5.56 Å². The fourth-order valence-corrected chi connectivity index (χ4v) is 2.39. The quantitative estimate of drug-likeness (QED) is 0.886. The molecule has 1 fully saturated rings. The number of hydrogen-bond donors (Lipinski definition) is 1. The van der Waals surface area contributed by atoms with Gasteiger partial charge in [0.1, 0.15) is 12.2 Å². The number of hydrogen-bond acceptors (Lipinski definition) is 3. The number of aliphatic hydroxyl groups is 1. The molecule has 1 aromatic carbocycles. The Balaban J connectivity index is 2.01. The van der Waals surface area contributed by atoms with Crippen molar-refractivity contribution in [3.05, 3.63) is 35.4 Å². The maximum atomic E-state index is 10.3. The lowest BCUT2D eigenvalue weighted by Gasteiger charge is -2.33. The highest BCUT2D eigenvalue weighted by Gasteiger charge is 2.26. The van der Waals surface area contributed by atoms with Crippen LogP contribution in [0.5, 0.6) is 0 Å². The van der Waals surface area contributed by atoms with Gasteiger partial charge in [-0.15, -0.1) is 0 Å². The number of ether oxygens (including phenoxy) is 1. The van der Waals surface area contributed by atoms with Crippen molar-refractivity contribution in [2.45, 2.75) is 32.0 Å². The molecule has 2 rings (SSSR count). The van der Waals surface area contributed by atoms with Crippen LogP contribution in [-0.4, -0.2) is 42.9 Å². The van der Waals surface area contributed by atoms with Gasteiger partial charge >= 0.3 is 0 Å². The van der Waals surface area contributed by atoms with Crippen LogP contribution in [0, 0.1) is 0 Å². The number of likely N-dealkylation sites (N-methyl/N-ethyl adjacent to an activating group) is 1. The van der Waals surface area contributed by atoms with Crippen molar-refractivity contribution in [3.63, 3.8) is 0 Å². The molecule has 3 heteroatoms. The summed E-state index contributed by atoms with van der Waals surface area (Å²) in [5.41, 5.74) is 2.28. The van der Waals surface area contributed by atoms with Crippen LogP contribution in [0.3, 0.4) is 0 Å². The van der Waals surface area contributed by atoms with E-state index in [9.17, 15) is 5.11 Å². The Morgan fingerprint density at radius 3 is 2.72 bits per heavy atom. The predicted octanol–water partition coefficient (Wildman–Crippen LogP) is 2.00. The van der Waals surface area contributed by atoms with Crippen LogP contribution in [-0.2, 0) is 11.2 Å². The lowest BCUT2D eigenvalue weighted by atomic mass is 10.0. The van der Waals surface area contributed by atoms with Crippen LogP contribution < -0.4 is 0 Å². The van der Waals surface area contributed by atoms with Crippen molar-refractivity contribution in [3.8, 4) is 0 Å². The Labute approximate surface area is 109 Å². The van der Waals surface area contributed by atoms with Gasteiger partial charge in [-0.2, -0.15) is 0 Å². The van der Waals surface area contributed by atoms with E-state index >= 15 is 0 Å². The molecule has 0 amide bonds. The van der Waals surface area contributed by atoms with E-state index in [1.807, 2.05) is 12.1 Å². The number of aryl methyl sites for hydroxylation is 1. The molecule has 1 heterocycles. The Morgan fingerprint density at radius 1 is 1.39 bits per heavy atom. The molecule has 2 atom stereocenters. The van der Waals surface area contributed by atoms with Gasteiger partial charge in [-0.05, 0) is 24.6 Å². The van der Waals surface area contributed by atoms with Crippen molar-refractivity contribution in [2.24, 2.45) is 0 Å².